The number of aromatic nitrogens is 3. The summed E-state index contributed by atoms with van der Waals surface area (Å²) in [5.74, 6) is -0.389. The molecule has 3 aromatic heterocycles. The Bertz CT molecular complexity index is 1210. The first-order valence-electron chi connectivity index (χ1n) is 9.93. The van der Waals surface area contributed by atoms with Gasteiger partial charge in [0, 0.05) is 49.5 Å². The van der Waals surface area contributed by atoms with Crippen molar-refractivity contribution in [3.05, 3.63) is 76.1 Å². The van der Waals surface area contributed by atoms with Crippen molar-refractivity contribution in [2.45, 2.75) is 6.54 Å². The van der Waals surface area contributed by atoms with Crippen molar-refractivity contribution >= 4 is 34.5 Å². The monoisotopic (exact) mass is 455 g/mol. The number of nitrogens with zero attached hydrogens (tertiary/aromatic N) is 5. The first-order chi connectivity index (χ1) is 15.1. The number of piperazine rings is 1. The highest BCUT2D eigenvalue weighted by atomic mass is 35.5. The standard InChI is InChI=1S/C22H19ClFN5OS/c23-17-3-1-4-18(24)16(17)14-27-8-10-28(11-9-27)22(30)15-13-26-29-19(6-7-25-21(15)29)20-5-2-12-31-20/h1-7,12-13H,8-11,14H2. The highest BCUT2D eigenvalue weighted by Crippen LogP contribution is 2.26. The van der Waals surface area contributed by atoms with Crippen molar-refractivity contribution in [3.8, 4) is 10.6 Å². The number of hydrogen-bond acceptors (Lipinski definition) is 5. The number of benzene rings is 1. The van der Waals surface area contributed by atoms with Gasteiger partial charge in [-0.25, -0.2) is 13.9 Å². The summed E-state index contributed by atoms with van der Waals surface area (Å²) in [7, 11) is 0. The summed E-state index contributed by atoms with van der Waals surface area (Å²) < 4.78 is 15.8. The Morgan fingerprint density at radius 1 is 1.13 bits per heavy atom. The van der Waals surface area contributed by atoms with Crippen LogP contribution in [0.1, 0.15) is 15.9 Å². The minimum absolute atomic E-state index is 0.0885. The lowest BCUT2D eigenvalue weighted by Gasteiger charge is -2.34. The van der Waals surface area contributed by atoms with Crippen LogP contribution in [-0.2, 0) is 6.54 Å². The summed E-state index contributed by atoms with van der Waals surface area (Å²) in [6, 6.07) is 10.6. The summed E-state index contributed by atoms with van der Waals surface area (Å²) in [5, 5.41) is 6.86. The van der Waals surface area contributed by atoms with E-state index < -0.39 is 0 Å². The maximum absolute atomic E-state index is 14.1. The molecule has 0 bridgehead atoms. The van der Waals surface area contributed by atoms with Gasteiger partial charge < -0.3 is 4.90 Å². The van der Waals surface area contributed by atoms with Crippen LogP contribution in [0.15, 0.2) is 54.2 Å². The molecule has 1 fully saturated rings. The summed E-state index contributed by atoms with van der Waals surface area (Å²) in [4.78, 5) is 22.6. The molecule has 1 amide bonds. The number of fused-ring (bicyclic) bond motifs is 1. The predicted octanol–water partition coefficient (Wildman–Crippen LogP) is 4.21. The van der Waals surface area contributed by atoms with Gasteiger partial charge >= 0.3 is 0 Å². The SMILES string of the molecule is O=C(c1cnn2c(-c3cccs3)ccnc12)N1CCN(Cc2c(F)cccc2Cl)CC1. The van der Waals surface area contributed by atoms with E-state index in [9.17, 15) is 9.18 Å². The van der Waals surface area contributed by atoms with Gasteiger partial charge in [0.2, 0.25) is 0 Å². The number of rotatable bonds is 4. The van der Waals surface area contributed by atoms with Crippen molar-refractivity contribution in [2.75, 3.05) is 26.2 Å². The minimum Gasteiger partial charge on any atom is -0.336 e. The third-order valence-electron chi connectivity index (χ3n) is 5.51. The van der Waals surface area contributed by atoms with E-state index in [0.29, 0.717) is 54.5 Å². The average Bonchev–Trinajstić information content (AvgIpc) is 3.46. The molecule has 0 unspecified atom stereocenters. The highest BCUT2D eigenvalue weighted by Gasteiger charge is 2.26. The van der Waals surface area contributed by atoms with Crippen LogP contribution in [0.25, 0.3) is 16.2 Å². The second kappa shape index (κ2) is 8.37. The molecule has 31 heavy (non-hydrogen) atoms. The van der Waals surface area contributed by atoms with Gasteiger partial charge in [-0.15, -0.1) is 11.3 Å². The molecule has 158 valence electrons. The van der Waals surface area contributed by atoms with Crippen LogP contribution in [0.4, 0.5) is 4.39 Å². The van der Waals surface area contributed by atoms with E-state index in [0.717, 1.165) is 10.6 Å². The topological polar surface area (TPSA) is 53.7 Å². The van der Waals surface area contributed by atoms with E-state index in [1.54, 1.807) is 45.3 Å². The van der Waals surface area contributed by atoms with Gasteiger partial charge in [-0.1, -0.05) is 23.7 Å². The molecule has 0 N–H and O–H groups in total. The van der Waals surface area contributed by atoms with E-state index in [1.165, 1.54) is 6.07 Å². The third kappa shape index (κ3) is 3.82. The van der Waals surface area contributed by atoms with Gasteiger partial charge in [0.05, 0.1) is 16.8 Å². The van der Waals surface area contributed by atoms with Crippen molar-refractivity contribution < 1.29 is 9.18 Å². The fourth-order valence-electron chi connectivity index (χ4n) is 3.84. The Balaban J connectivity index is 1.31. The Hall–Kier alpha value is -2.81. The van der Waals surface area contributed by atoms with E-state index >= 15 is 0 Å². The van der Waals surface area contributed by atoms with Crippen molar-refractivity contribution in [1.82, 2.24) is 24.4 Å². The normalized spacial score (nSPS) is 15.0. The van der Waals surface area contributed by atoms with E-state index in [1.807, 2.05) is 23.6 Å². The van der Waals surface area contributed by atoms with E-state index in [-0.39, 0.29) is 11.7 Å². The molecule has 1 aliphatic heterocycles. The van der Waals surface area contributed by atoms with Crippen LogP contribution in [-0.4, -0.2) is 56.5 Å². The lowest BCUT2D eigenvalue weighted by Crippen LogP contribution is -2.48. The molecule has 0 aliphatic carbocycles. The Morgan fingerprint density at radius 2 is 1.97 bits per heavy atom. The molecule has 0 spiro atoms. The van der Waals surface area contributed by atoms with Gasteiger partial charge in [0.25, 0.3) is 5.91 Å². The average molecular weight is 456 g/mol. The molecule has 0 radical (unpaired) electrons. The number of carbonyl (C=O) groups is 1. The number of halogens is 2. The zero-order chi connectivity index (χ0) is 21.4. The molecule has 5 rings (SSSR count). The fraction of sp³-hybridized carbons (Fsp3) is 0.227. The van der Waals surface area contributed by atoms with Gasteiger partial charge in [0.15, 0.2) is 5.65 Å². The number of hydrogen-bond donors (Lipinski definition) is 0. The smallest absolute Gasteiger partial charge is 0.259 e. The minimum atomic E-state index is -0.301. The maximum atomic E-state index is 14.1. The lowest BCUT2D eigenvalue weighted by molar-refractivity contribution is 0.0628. The summed E-state index contributed by atoms with van der Waals surface area (Å²) >= 11 is 7.77. The molecule has 4 aromatic rings. The van der Waals surface area contributed by atoms with E-state index in [2.05, 4.69) is 15.0 Å². The second-order valence-corrected chi connectivity index (χ2v) is 8.72. The second-order valence-electron chi connectivity index (χ2n) is 7.37. The molecule has 4 heterocycles. The molecule has 0 saturated carbocycles. The molecule has 1 aliphatic rings. The number of amides is 1. The quantitative estimate of drug-likeness (QED) is 0.462. The predicted molar refractivity (Wildman–Crippen MR) is 119 cm³/mol. The number of carbonyl (C=O) groups excluding carboxylic acids is 1. The van der Waals surface area contributed by atoms with Gasteiger partial charge in [-0.3, -0.25) is 9.69 Å². The van der Waals surface area contributed by atoms with Crippen molar-refractivity contribution in [2.24, 2.45) is 0 Å². The molecule has 1 aromatic carbocycles. The van der Waals surface area contributed by atoms with Crippen LogP contribution in [0.3, 0.4) is 0 Å². The molecule has 6 nitrogen and oxygen atoms in total. The highest BCUT2D eigenvalue weighted by molar-refractivity contribution is 7.13. The molecule has 1 saturated heterocycles. The van der Waals surface area contributed by atoms with Crippen LogP contribution in [0.2, 0.25) is 5.02 Å². The van der Waals surface area contributed by atoms with Crippen LogP contribution in [0.5, 0.6) is 0 Å². The van der Waals surface area contributed by atoms with Crippen molar-refractivity contribution in [1.29, 1.82) is 0 Å². The van der Waals surface area contributed by atoms with Crippen LogP contribution >= 0.6 is 22.9 Å². The zero-order valence-electron chi connectivity index (χ0n) is 16.5. The maximum Gasteiger partial charge on any atom is 0.259 e. The molecule has 0 atom stereocenters. The fourth-order valence-corrected chi connectivity index (χ4v) is 4.80. The van der Waals surface area contributed by atoms with Crippen LogP contribution in [0, 0.1) is 5.82 Å². The summed E-state index contributed by atoms with van der Waals surface area (Å²) in [5.41, 5.74) is 2.45. The Kier molecular flexibility index (Phi) is 5.43. The number of thiophene rings is 1. The Morgan fingerprint density at radius 3 is 2.71 bits per heavy atom. The van der Waals surface area contributed by atoms with Gasteiger partial charge in [-0.2, -0.15) is 5.10 Å². The van der Waals surface area contributed by atoms with Gasteiger partial charge in [0.1, 0.15) is 11.4 Å². The lowest BCUT2D eigenvalue weighted by atomic mass is 10.1. The first kappa shape index (κ1) is 20.1. The van der Waals surface area contributed by atoms with Crippen LogP contribution < -0.4 is 0 Å². The van der Waals surface area contributed by atoms with E-state index in [4.69, 9.17) is 11.6 Å². The Labute approximate surface area is 187 Å². The van der Waals surface area contributed by atoms with Gasteiger partial charge in [-0.05, 0) is 29.6 Å². The zero-order valence-corrected chi connectivity index (χ0v) is 18.1. The first-order valence-corrected chi connectivity index (χ1v) is 11.2. The largest absolute Gasteiger partial charge is 0.336 e. The summed E-state index contributed by atoms with van der Waals surface area (Å²) in [6.45, 7) is 2.81. The molecular formula is C22H19ClFN5OS. The third-order valence-corrected chi connectivity index (χ3v) is 6.75. The summed E-state index contributed by atoms with van der Waals surface area (Å²) in [6.07, 6.45) is 3.30. The van der Waals surface area contributed by atoms with Crippen molar-refractivity contribution in [3.63, 3.8) is 0 Å². The molecular weight excluding hydrogens is 437 g/mol. The molecule has 9 heteroatoms.